The van der Waals surface area contributed by atoms with Crippen LogP contribution in [0.2, 0.25) is 0 Å². The van der Waals surface area contributed by atoms with Crippen LogP contribution in [0.1, 0.15) is 32.6 Å². The number of nitrogens with zero attached hydrogens (tertiary/aromatic N) is 1. The molecule has 1 atom stereocenters. The number of aliphatic imine (C=N–C) groups is 1. The van der Waals surface area contributed by atoms with Crippen LogP contribution in [-0.2, 0) is 14.2 Å². The molecule has 2 aliphatic heterocycles. The van der Waals surface area contributed by atoms with Gasteiger partial charge in [0.05, 0.1) is 19.8 Å². The van der Waals surface area contributed by atoms with Crippen LogP contribution in [0.4, 0.5) is 0 Å². The van der Waals surface area contributed by atoms with Crippen LogP contribution in [0.25, 0.3) is 0 Å². The first-order valence-electron chi connectivity index (χ1n) is 9.58. The highest BCUT2D eigenvalue weighted by Crippen LogP contribution is 2.33. The Morgan fingerprint density at radius 2 is 2.08 bits per heavy atom. The first kappa shape index (κ1) is 20.8. The predicted octanol–water partition coefficient (Wildman–Crippen LogP) is 1.90. The molecule has 0 aromatic heterocycles. The van der Waals surface area contributed by atoms with Crippen molar-refractivity contribution in [2.75, 3.05) is 65.5 Å². The summed E-state index contributed by atoms with van der Waals surface area (Å²) in [6, 6.07) is 0. The molecular formula is C18H35N3O3S. The highest BCUT2D eigenvalue weighted by molar-refractivity contribution is 8.00. The summed E-state index contributed by atoms with van der Waals surface area (Å²) in [7, 11) is 0. The SMILES string of the molecule is CCNC(=NCC1(SC)CCOCC1)NCCCOCC1CCOC1. The Bertz CT molecular complexity index is 384. The van der Waals surface area contributed by atoms with Crippen molar-refractivity contribution in [3.63, 3.8) is 0 Å². The van der Waals surface area contributed by atoms with Crippen LogP contribution < -0.4 is 10.6 Å². The number of thioether (sulfide) groups is 1. The number of nitrogens with one attached hydrogen (secondary N) is 2. The Labute approximate surface area is 156 Å². The Balaban J connectivity index is 1.64. The summed E-state index contributed by atoms with van der Waals surface area (Å²) in [6.07, 6.45) is 6.47. The molecule has 0 saturated carbocycles. The van der Waals surface area contributed by atoms with Crippen molar-refractivity contribution in [3.05, 3.63) is 0 Å². The summed E-state index contributed by atoms with van der Waals surface area (Å²) < 4.78 is 16.8. The van der Waals surface area contributed by atoms with Gasteiger partial charge in [0, 0.05) is 50.2 Å². The average molecular weight is 374 g/mol. The quantitative estimate of drug-likeness (QED) is 0.346. The summed E-state index contributed by atoms with van der Waals surface area (Å²) in [5, 5.41) is 6.76. The molecule has 2 heterocycles. The molecule has 2 saturated heterocycles. The second kappa shape index (κ2) is 12.0. The normalized spacial score (nSPS) is 23.6. The second-order valence-corrected chi connectivity index (χ2v) is 8.05. The van der Waals surface area contributed by atoms with Crippen LogP contribution in [0.5, 0.6) is 0 Å². The molecule has 2 fully saturated rings. The number of hydrogen-bond donors (Lipinski definition) is 2. The molecule has 0 amide bonds. The monoisotopic (exact) mass is 373 g/mol. The zero-order valence-corrected chi connectivity index (χ0v) is 16.7. The lowest BCUT2D eigenvalue weighted by Gasteiger charge is -2.34. The number of hydrogen-bond acceptors (Lipinski definition) is 5. The maximum absolute atomic E-state index is 5.75. The van der Waals surface area contributed by atoms with E-state index < -0.39 is 0 Å². The van der Waals surface area contributed by atoms with Crippen LogP contribution >= 0.6 is 11.8 Å². The summed E-state index contributed by atoms with van der Waals surface area (Å²) in [4.78, 5) is 4.82. The summed E-state index contributed by atoms with van der Waals surface area (Å²) in [6.45, 7) is 9.75. The molecular weight excluding hydrogens is 338 g/mol. The Kier molecular flexibility index (Phi) is 9.98. The lowest BCUT2D eigenvalue weighted by molar-refractivity contribution is 0.0794. The van der Waals surface area contributed by atoms with Gasteiger partial charge in [0.15, 0.2) is 5.96 Å². The van der Waals surface area contributed by atoms with Gasteiger partial charge in [0.25, 0.3) is 0 Å². The van der Waals surface area contributed by atoms with E-state index >= 15 is 0 Å². The van der Waals surface area contributed by atoms with Crippen molar-refractivity contribution >= 4 is 17.7 Å². The van der Waals surface area contributed by atoms with E-state index in [1.165, 1.54) is 0 Å². The fourth-order valence-corrected chi connectivity index (χ4v) is 3.85. The summed E-state index contributed by atoms with van der Waals surface area (Å²) in [5.74, 6) is 1.50. The molecule has 1 unspecified atom stereocenters. The topological polar surface area (TPSA) is 64.1 Å². The maximum Gasteiger partial charge on any atom is 0.191 e. The van der Waals surface area contributed by atoms with Crippen molar-refractivity contribution in [3.8, 4) is 0 Å². The van der Waals surface area contributed by atoms with Gasteiger partial charge < -0.3 is 24.8 Å². The van der Waals surface area contributed by atoms with Gasteiger partial charge in [0.1, 0.15) is 0 Å². The molecule has 6 nitrogen and oxygen atoms in total. The third-order valence-electron chi connectivity index (χ3n) is 4.84. The lowest BCUT2D eigenvalue weighted by Crippen LogP contribution is -2.41. The smallest absolute Gasteiger partial charge is 0.191 e. The number of rotatable bonds is 10. The third kappa shape index (κ3) is 7.72. The van der Waals surface area contributed by atoms with Gasteiger partial charge in [-0.05, 0) is 38.9 Å². The van der Waals surface area contributed by atoms with Gasteiger partial charge in [-0.2, -0.15) is 11.8 Å². The minimum Gasteiger partial charge on any atom is -0.381 e. The standard InChI is InChI=1S/C18H35N3O3S/c1-3-19-17(21-15-18(25-2)6-11-22-12-7-18)20-8-4-9-23-13-16-5-10-24-14-16/h16H,3-15H2,1-2H3,(H2,19,20,21). The fraction of sp³-hybridized carbons (Fsp3) is 0.944. The van der Waals surface area contributed by atoms with E-state index in [9.17, 15) is 0 Å². The first-order valence-corrected chi connectivity index (χ1v) is 10.8. The number of guanidine groups is 1. The van der Waals surface area contributed by atoms with Crippen molar-refractivity contribution < 1.29 is 14.2 Å². The van der Waals surface area contributed by atoms with Gasteiger partial charge in [-0.15, -0.1) is 0 Å². The van der Waals surface area contributed by atoms with Crippen molar-refractivity contribution in [1.29, 1.82) is 0 Å². The number of ether oxygens (including phenoxy) is 3. The Hall–Kier alpha value is -0.500. The molecule has 146 valence electrons. The van der Waals surface area contributed by atoms with E-state index in [-0.39, 0.29) is 4.75 Å². The molecule has 0 bridgehead atoms. The maximum atomic E-state index is 5.75. The van der Waals surface area contributed by atoms with E-state index in [1.807, 2.05) is 11.8 Å². The highest BCUT2D eigenvalue weighted by atomic mass is 32.2. The van der Waals surface area contributed by atoms with Gasteiger partial charge in [0.2, 0.25) is 0 Å². The van der Waals surface area contributed by atoms with Crippen LogP contribution in [-0.4, -0.2) is 76.2 Å². The van der Waals surface area contributed by atoms with E-state index in [0.29, 0.717) is 5.92 Å². The second-order valence-electron chi connectivity index (χ2n) is 6.78. The fourth-order valence-electron chi connectivity index (χ4n) is 3.08. The minimum atomic E-state index is 0.229. The molecule has 2 aliphatic rings. The molecule has 25 heavy (non-hydrogen) atoms. The molecule has 0 aliphatic carbocycles. The summed E-state index contributed by atoms with van der Waals surface area (Å²) >= 11 is 1.93. The first-order chi connectivity index (χ1) is 12.3. The van der Waals surface area contributed by atoms with Crippen molar-refractivity contribution in [2.45, 2.75) is 37.4 Å². The van der Waals surface area contributed by atoms with Crippen LogP contribution in [0.3, 0.4) is 0 Å². The van der Waals surface area contributed by atoms with Gasteiger partial charge >= 0.3 is 0 Å². The minimum absolute atomic E-state index is 0.229. The average Bonchev–Trinajstić information content (AvgIpc) is 3.16. The van der Waals surface area contributed by atoms with Crippen LogP contribution in [0, 0.1) is 5.92 Å². The Morgan fingerprint density at radius 3 is 2.76 bits per heavy atom. The van der Waals surface area contributed by atoms with Gasteiger partial charge in [-0.3, -0.25) is 4.99 Å². The third-order valence-corrected chi connectivity index (χ3v) is 6.25. The predicted molar refractivity (Wildman–Crippen MR) is 105 cm³/mol. The largest absolute Gasteiger partial charge is 0.381 e. The Morgan fingerprint density at radius 1 is 1.24 bits per heavy atom. The molecule has 0 aromatic carbocycles. The van der Waals surface area contributed by atoms with E-state index in [2.05, 4.69) is 23.8 Å². The zero-order valence-electron chi connectivity index (χ0n) is 15.8. The molecule has 0 spiro atoms. The highest BCUT2D eigenvalue weighted by Gasteiger charge is 2.31. The van der Waals surface area contributed by atoms with Gasteiger partial charge in [-0.25, -0.2) is 0 Å². The van der Waals surface area contributed by atoms with Crippen molar-refractivity contribution in [2.24, 2.45) is 10.9 Å². The summed E-state index contributed by atoms with van der Waals surface area (Å²) in [5.41, 5.74) is 0. The molecule has 0 radical (unpaired) electrons. The molecule has 0 aromatic rings. The molecule has 7 heteroatoms. The molecule has 2 rings (SSSR count). The molecule has 2 N–H and O–H groups in total. The van der Waals surface area contributed by atoms with Gasteiger partial charge in [-0.1, -0.05) is 0 Å². The zero-order chi connectivity index (χ0) is 17.8. The lowest BCUT2D eigenvalue weighted by atomic mass is 9.99. The van der Waals surface area contributed by atoms with E-state index in [4.69, 9.17) is 19.2 Å². The van der Waals surface area contributed by atoms with Crippen LogP contribution in [0.15, 0.2) is 4.99 Å². The van der Waals surface area contributed by atoms with E-state index in [0.717, 1.165) is 90.9 Å². The van der Waals surface area contributed by atoms with E-state index in [1.54, 1.807) is 0 Å². The van der Waals surface area contributed by atoms with Crippen molar-refractivity contribution in [1.82, 2.24) is 10.6 Å².